The number of ether oxygens (including phenoxy) is 1. The Kier molecular flexibility index (Phi) is 5.72. The Morgan fingerprint density at radius 2 is 2.10 bits per heavy atom. The SMILES string of the molecule is CC(=O)c1cc(C(=O)N2Cc3nnn(C)c3[C@@H](COCCN3CCCC3)C2)[nH]n1. The van der Waals surface area contributed by atoms with Gasteiger partial charge in [0, 0.05) is 33.0 Å². The Hall–Kier alpha value is -2.59. The van der Waals surface area contributed by atoms with Gasteiger partial charge in [-0.05, 0) is 32.0 Å². The zero-order valence-corrected chi connectivity index (χ0v) is 16.9. The number of likely N-dealkylation sites (tertiary alicyclic amines) is 1. The molecule has 0 saturated carbocycles. The lowest BCUT2D eigenvalue weighted by atomic mass is 9.98. The van der Waals surface area contributed by atoms with Gasteiger partial charge in [0.25, 0.3) is 5.91 Å². The van der Waals surface area contributed by atoms with Gasteiger partial charge in [0.05, 0.1) is 25.5 Å². The second-order valence-corrected chi connectivity index (χ2v) is 7.77. The van der Waals surface area contributed by atoms with Crippen LogP contribution >= 0.6 is 0 Å². The number of aromatic amines is 1. The number of fused-ring (bicyclic) bond motifs is 1. The molecular formula is C19H27N7O3. The Balaban J connectivity index is 1.42. The average molecular weight is 401 g/mol. The predicted molar refractivity (Wildman–Crippen MR) is 104 cm³/mol. The van der Waals surface area contributed by atoms with Crippen molar-refractivity contribution in [1.29, 1.82) is 0 Å². The first-order chi connectivity index (χ1) is 14.0. The van der Waals surface area contributed by atoms with Crippen molar-refractivity contribution in [2.45, 2.75) is 32.2 Å². The summed E-state index contributed by atoms with van der Waals surface area (Å²) in [6.45, 7) is 6.72. The largest absolute Gasteiger partial charge is 0.379 e. The topological polar surface area (TPSA) is 109 Å². The first kappa shape index (κ1) is 19.7. The van der Waals surface area contributed by atoms with E-state index in [4.69, 9.17) is 4.74 Å². The second kappa shape index (κ2) is 8.42. The average Bonchev–Trinajstić information content (AvgIpc) is 3.46. The Morgan fingerprint density at radius 1 is 1.31 bits per heavy atom. The molecule has 0 aliphatic carbocycles. The molecule has 0 spiro atoms. The van der Waals surface area contributed by atoms with Gasteiger partial charge in [0.2, 0.25) is 0 Å². The lowest BCUT2D eigenvalue weighted by Gasteiger charge is -2.32. The number of nitrogens with one attached hydrogen (secondary N) is 1. The van der Waals surface area contributed by atoms with Gasteiger partial charge in [-0.3, -0.25) is 19.4 Å². The van der Waals surface area contributed by atoms with Gasteiger partial charge in [-0.15, -0.1) is 5.10 Å². The molecule has 1 fully saturated rings. The maximum absolute atomic E-state index is 12.9. The van der Waals surface area contributed by atoms with Crippen LogP contribution in [0.5, 0.6) is 0 Å². The molecule has 0 bridgehead atoms. The molecular weight excluding hydrogens is 374 g/mol. The van der Waals surface area contributed by atoms with E-state index in [9.17, 15) is 9.59 Å². The number of carbonyl (C=O) groups excluding carboxylic acids is 2. The van der Waals surface area contributed by atoms with Crippen molar-refractivity contribution in [3.8, 4) is 0 Å². The third-order valence-electron chi connectivity index (χ3n) is 5.64. The highest BCUT2D eigenvalue weighted by atomic mass is 16.5. The first-order valence-electron chi connectivity index (χ1n) is 10.1. The van der Waals surface area contributed by atoms with Crippen LogP contribution in [0, 0.1) is 0 Å². The molecule has 10 heteroatoms. The number of aryl methyl sites for hydroxylation is 1. The summed E-state index contributed by atoms with van der Waals surface area (Å²) in [5.74, 6) is -0.390. The minimum Gasteiger partial charge on any atom is -0.379 e. The smallest absolute Gasteiger partial charge is 0.272 e. The lowest BCUT2D eigenvalue weighted by Crippen LogP contribution is -2.40. The summed E-state index contributed by atoms with van der Waals surface area (Å²) in [6.07, 6.45) is 2.53. The zero-order chi connectivity index (χ0) is 20.4. The van der Waals surface area contributed by atoms with Crippen LogP contribution in [-0.4, -0.2) is 86.1 Å². The molecule has 1 N–H and O–H groups in total. The summed E-state index contributed by atoms with van der Waals surface area (Å²) in [6, 6.07) is 1.50. The number of H-pyrrole nitrogens is 1. The van der Waals surface area contributed by atoms with E-state index in [-0.39, 0.29) is 23.3 Å². The van der Waals surface area contributed by atoms with Crippen LogP contribution in [0.25, 0.3) is 0 Å². The van der Waals surface area contributed by atoms with E-state index in [1.165, 1.54) is 25.8 Å². The van der Waals surface area contributed by atoms with E-state index in [1.54, 1.807) is 9.58 Å². The van der Waals surface area contributed by atoms with Crippen molar-refractivity contribution in [2.75, 3.05) is 39.4 Å². The monoisotopic (exact) mass is 401 g/mol. The number of rotatable bonds is 7. The summed E-state index contributed by atoms with van der Waals surface area (Å²) >= 11 is 0. The third kappa shape index (κ3) is 4.23. The number of amides is 1. The molecule has 4 rings (SSSR count). The van der Waals surface area contributed by atoms with E-state index < -0.39 is 0 Å². The fourth-order valence-electron chi connectivity index (χ4n) is 4.11. The van der Waals surface area contributed by atoms with Crippen molar-refractivity contribution in [2.24, 2.45) is 7.05 Å². The summed E-state index contributed by atoms with van der Waals surface area (Å²) < 4.78 is 7.75. The van der Waals surface area contributed by atoms with E-state index in [2.05, 4.69) is 25.4 Å². The molecule has 2 aliphatic heterocycles. The third-order valence-corrected chi connectivity index (χ3v) is 5.64. The van der Waals surface area contributed by atoms with Gasteiger partial charge in [-0.1, -0.05) is 5.21 Å². The Morgan fingerprint density at radius 3 is 2.83 bits per heavy atom. The molecule has 0 radical (unpaired) electrons. The van der Waals surface area contributed by atoms with E-state index >= 15 is 0 Å². The number of Topliss-reactive ketones (excluding diaryl/α,β-unsaturated/α-hetero) is 1. The molecule has 156 valence electrons. The maximum Gasteiger partial charge on any atom is 0.272 e. The molecule has 4 heterocycles. The lowest BCUT2D eigenvalue weighted by molar-refractivity contribution is 0.0599. The van der Waals surface area contributed by atoms with Crippen molar-refractivity contribution >= 4 is 11.7 Å². The molecule has 10 nitrogen and oxygen atoms in total. The summed E-state index contributed by atoms with van der Waals surface area (Å²) in [5, 5.41) is 15.0. The van der Waals surface area contributed by atoms with Crippen LogP contribution in [0.1, 0.15) is 58.0 Å². The van der Waals surface area contributed by atoms with Crippen LogP contribution < -0.4 is 0 Å². The van der Waals surface area contributed by atoms with Crippen LogP contribution in [0.4, 0.5) is 0 Å². The number of hydrogen-bond donors (Lipinski definition) is 1. The van der Waals surface area contributed by atoms with Gasteiger partial charge in [0.15, 0.2) is 5.78 Å². The molecule has 29 heavy (non-hydrogen) atoms. The molecule has 0 aromatic carbocycles. The number of carbonyl (C=O) groups is 2. The normalized spacial score (nSPS) is 19.5. The van der Waals surface area contributed by atoms with Crippen molar-refractivity contribution < 1.29 is 14.3 Å². The fraction of sp³-hybridized carbons (Fsp3) is 0.632. The molecule has 2 aromatic heterocycles. The number of ketones is 1. The van der Waals surface area contributed by atoms with Crippen LogP contribution in [0.15, 0.2) is 6.07 Å². The molecule has 0 unspecified atom stereocenters. The minimum absolute atomic E-state index is 0.00326. The molecule has 2 aliphatic rings. The number of aromatic nitrogens is 5. The van der Waals surface area contributed by atoms with Crippen LogP contribution in [-0.2, 0) is 18.3 Å². The van der Waals surface area contributed by atoms with Crippen molar-refractivity contribution in [1.82, 2.24) is 35.0 Å². The highest BCUT2D eigenvalue weighted by Crippen LogP contribution is 2.27. The molecule has 1 saturated heterocycles. The van der Waals surface area contributed by atoms with Gasteiger partial charge < -0.3 is 14.5 Å². The Labute approximate surface area is 169 Å². The van der Waals surface area contributed by atoms with E-state index in [0.29, 0.717) is 32.0 Å². The standard InChI is InChI=1S/C19H27N7O3/c1-13(27)15-9-16(21-20-15)19(28)26-10-14(18-17(11-26)22-23-24(18)2)12-29-8-7-25-5-3-4-6-25/h9,14H,3-8,10-12H2,1-2H3,(H,20,21)/t14-/m1/s1. The zero-order valence-electron chi connectivity index (χ0n) is 16.9. The van der Waals surface area contributed by atoms with Crippen LogP contribution in [0.2, 0.25) is 0 Å². The molecule has 2 aromatic rings. The quantitative estimate of drug-likeness (QED) is 0.534. The van der Waals surface area contributed by atoms with E-state index in [0.717, 1.165) is 31.0 Å². The predicted octanol–water partition coefficient (Wildman–Crippen LogP) is 0.593. The van der Waals surface area contributed by atoms with Crippen LogP contribution in [0.3, 0.4) is 0 Å². The molecule has 1 atom stereocenters. The Bertz CT molecular complexity index is 884. The summed E-state index contributed by atoms with van der Waals surface area (Å²) in [4.78, 5) is 28.5. The first-order valence-corrected chi connectivity index (χ1v) is 10.1. The number of hydrogen-bond acceptors (Lipinski definition) is 7. The maximum atomic E-state index is 12.9. The highest BCUT2D eigenvalue weighted by Gasteiger charge is 2.33. The van der Waals surface area contributed by atoms with Gasteiger partial charge >= 0.3 is 0 Å². The fourth-order valence-corrected chi connectivity index (χ4v) is 4.11. The van der Waals surface area contributed by atoms with Gasteiger partial charge in [-0.2, -0.15) is 5.10 Å². The second-order valence-electron chi connectivity index (χ2n) is 7.77. The van der Waals surface area contributed by atoms with Gasteiger partial charge in [-0.25, -0.2) is 0 Å². The minimum atomic E-state index is -0.205. The van der Waals surface area contributed by atoms with Crippen molar-refractivity contribution in [3.63, 3.8) is 0 Å². The summed E-state index contributed by atoms with van der Waals surface area (Å²) in [7, 11) is 1.87. The number of nitrogens with zero attached hydrogens (tertiary/aromatic N) is 6. The van der Waals surface area contributed by atoms with E-state index in [1.807, 2.05) is 7.05 Å². The summed E-state index contributed by atoms with van der Waals surface area (Å²) in [5.41, 5.74) is 2.36. The van der Waals surface area contributed by atoms with Gasteiger partial charge in [0.1, 0.15) is 17.1 Å². The molecule has 1 amide bonds. The highest BCUT2D eigenvalue weighted by molar-refractivity contribution is 5.97. The van der Waals surface area contributed by atoms with Crippen molar-refractivity contribution in [3.05, 3.63) is 28.8 Å².